The van der Waals surface area contributed by atoms with Gasteiger partial charge in [0, 0.05) is 6.07 Å². The van der Waals surface area contributed by atoms with E-state index in [2.05, 4.69) is 6.58 Å². The zero-order chi connectivity index (χ0) is 18.0. The Balaban J connectivity index is 2.12. The van der Waals surface area contributed by atoms with Gasteiger partial charge in [-0.25, -0.2) is 4.79 Å². The Hall–Kier alpha value is -3.46. The van der Waals surface area contributed by atoms with Crippen molar-refractivity contribution in [2.75, 3.05) is 6.61 Å². The number of benzene rings is 1. The molecule has 25 heavy (non-hydrogen) atoms. The number of fused-ring (bicyclic) bond motifs is 1. The van der Waals surface area contributed by atoms with Crippen molar-refractivity contribution >= 4 is 0 Å². The highest BCUT2D eigenvalue weighted by Gasteiger charge is 2.34. The number of allylic oxidation sites excluding steroid dienone is 1. The second kappa shape index (κ2) is 6.57. The van der Waals surface area contributed by atoms with Crippen molar-refractivity contribution in [3.05, 3.63) is 81.8 Å². The van der Waals surface area contributed by atoms with Crippen LogP contribution in [0.2, 0.25) is 0 Å². The third kappa shape index (κ3) is 3.00. The molecule has 1 atom stereocenters. The van der Waals surface area contributed by atoms with Crippen LogP contribution in [-0.2, 0) is 0 Å². The van der Waals surface area contributed by atoms with Crippen LogP contribution in [0.1, 0.15) is 22.8 Å². The van der Waals surface area contributed by atoms with E-state index in [0.29, 0.717) is 29.4 Å². The topological polar surface area (TPSA) is 98.5 Å². The van der Waals surface area contributed by atoms with Crippen LogP contribution >= 0.6 is 0 Å². The summed E-state index contributed by atoms with van der Waals surface area (Å²) in [5.74, 6) is 0.699. The highest BCUT2D eigenvalue weighted by Crippen LogP contribution is 2.40. The largest absolute Gasteiger partial charge is 0.490 e. The monoisotopic (exact) mass is 336 g/mol. The van der Waals surface area contributed by atoms with Crippen molar-refractivity contribution in [1.29, 1.82) is 5.26 Å². The minimum Gasteiger partial charge on any atom is -0.490 e. The van der Waals surface area contributed by atoms with E-state index in [0.717, 1.165) is 0 Å². The van der Waals surface area contributed by atoms with Crippen LogP contribution in [0.15, 0.2) is 63.7 Å². The first-order valence-electron chi connectivity index (χ1n) is 7.61. The van der Waals surface area contributed by atoms with Crippen molar-refractivity contribution in [2.24, 2.45) is 5.73 Å². The fourth-order valence-electron chi connectivity index (χ4n) is 2.76. The third-order valence-electron chi connectivity index (χ3n) is 3.84. The number of nitriles is 1. The molecule has 6 nitrogen and oxygen atoms in total. The molecule has 6 heteroatoms. The van der Waals surface area contributed by atoms with Gasteiger partial charge in [0.05, 0.1) is 11.5 Å². The van der Waals surface area contributed by atoms with Crippen molar-refractivity contribution in [2.45, 2.75) is 12.8 Å². The molecule has 2 N–H and O–H groups in total. The van der Waals surface area contributed by atoms with E-state index in [-0.39, 0.29) is 17.0 Å². The maximum atomic E-state index is 12.4. The Morgan fingerprint density at radius 2 is 2.12 bits per heavy atom. The summed E-state index contributed by atoms with van der Waals surface area (Å²) in [6.07, 6.45) is 1.65. The van der Waals surface area contributed by atoms with Crippen molar-refractivity contribution in [1.82, 2.24) is 0 Å². The summed E-state index contributed by atoms with van der Waals surface area (Å²) in [4.78, 5) is 12.4. The van der Waals surface area contributed by atoms with Crippen LogP contribution < -0.4 is 20.8 Å². The number of nitrogens with zero attached hydrogens (tertiary/aromatic N) is 1. The van der Waals surface area contributed by atoms with Gasteiger partial charge in [-0.3, -0.25) is 0 Å². The van der Waals surface area contributed by atoms with E-state index in [1.54, 1.807) is 43.3 Å². The molecule has 0 saturated heterocycles. The van der Waals surface area contributed by atoms with Crippen molar-refractivity contribution in [3.63, 3.8) is 0 Å². The zero-order valence-corrected chi connectivity index (χ0v) is 13.6. The molecule has 2 heterocycles. The first-order chi connectivity index (χ1) is 12.0. The zero-order valence-electron chi connectivity index (χ0n) is 13.6. The third-order valence-corrected chi connectivity index (χ3v) is 3.84. The number of hydrogen-bond acceptors (Lipinski definition) is 6. The Labute approximate surface area is 144 Å². The van der Waals surface area contributed by atoms with E-state index in [4.69, 9.17) is 19.6 Å². The summed E-state index contributed by atoms with van der Waals surface area (Å²) in [5.41, 5.74) is 6.49. The van der Waals surface area contributed by atoms with Gasteiger partial charge in [-0.15, -0.1) is 0 Å². The molecule has 0 aliphatic carbocycles. The molecule has 0 amide bonds. The Kier molecular flexibility index (Phi) is 4.31. The summed E-state index contributed by atoms with van der Waals surface area (Å²) in [5, 5.41) is 9.50. The first kappa shape index (κ1) is 16.4. The van der Waals surface area contributed by atoms with Crippen LogP contribution in [0, 0.1) is 18.3 Å². The molecule has 1 aromatic heterocycles. The first-order valence-corrected chi connectivity index (χ1v) is 7.61. The second-order valence-electron chi connectivity index (χ2n) is 5.52. The summed E-state index contributed by atoms with van der Waals surface area (Å²) in [7, 11) is 0. The molecule has 1 aromatic carbocycles. The van der Waals surface area contributed by atoms with Crippen LogP contribution in [-0.4, -0.2) is 6.61 Å². The lowest BCUT2D eigenvalue weighted by atomic mass is 9.84. The Morgan fingerprint density at radius 3 is 2.76 bits per heavy atom. The van der Waals surface area contributed by atoms with E-state index in [9.17, 15) is 10.1 Å². The molecule has 0 bridgehead atoms. The second-order valence-corrected chi connectivity index (χ2v) is 5.52. The lowest BCUT2D eigenvalue weighted by Gasteiger charge is -2.25. The summed E-state index contributed by atoms with van der Waals surface area (Å²) < 4.78 is 16.1. The molecular formula is C19H16N2O4. The minimum atomic E-state index is -0.654. The van der Waals surface area contributed by atoms with Gasteiger partial charge in [0.25, 0.3) is 0 Å². The highest BCUT2D eigenvalue weighted by molar-refractivity contribution is 5.54. The fraction of sp³-hybridized carbons (Fsp3) is 0.158. The number of ether oxygens (including phenoxy) is 2. The number of rotatable bonds is 4. The molecule has 0 saturated carbocycles. The van der Waals surface area contributed by atoms with E-state index >= 15 is 0 Å². The number of aryl methyl sites for hydroxylation is 1. The molecule has 1 aliphatic heterocycles. The van der Waals surface area contributed by atoms with Crippen molar-refractivity contribution in [3.8, 4) is 17.6 Å². The minimum absolute atomic E-state index is 0.0167. The van der Waals surface area contributed by atoms with Crippen LogP contribution in [0.3, 0.4) is 0 Å². The summed E-state index contributed by atoms with van der Waals surface area (Å²) in [6.45, 7) is 5.63. The molecule has 3 rings (SSSR count). The summed E-state index contributed by atoms with van der Waals surface area (Å²) >= 11 is 0. The molecule has 126 valence electrons. The van der Waals surface area contributed by atoms with Crippen molar-refractivity contribution < 1.29 is 13.9 Å². The standard InChI is InChI=1S/C19H16N2O4/c1-3-8-23-13-6-4-12(5-7-13)16-14(10-20)18(21)25-15-9-11(2)24-19(22)17(15)16/h3-7,9,16H,1,8,21H2,2H3/t16-/m1/s1. The van der Waals surface area contributed by atoms with E-state index < -0.39 is 11.5 Å². The molecule has 0 radical (unpaired) electrons. The Morgan fingerprint density at radius 1 is 1.40 bits per heavy atom. The van der Waals surface area contributed by atoms with Gasteiger partial charge in [-0.2, -0.15) is 5.26 Å². The van der Waals surface area contributed by atoms with Gasteiger partial charge in [-0.1, -0.05) is 24.8 Å². The smallest absolute Gasteiger partial charge is 0.343 e. The molecule has 2 aromatic rings. The summed E-state index contributed by atoms with van der Waals surface area (Å²) in [6, 6.07) is 10.7. The predicted octanol–water partition coefficient (Wildman–Crippen LogP) is 2.73. The van der Waals surface area contributed by atoms with Crippen LogP contribution in [0.25, 0.3) is 0 Å². The fourth-order valence-corrected chi connectivity index (χ4v) is 2.76. The quantitative estimate of drug-likeness (QED) is 0.862. The van der Waals surface area contributed by atoms with Gasteiger partial charge < -0.3 is 19.6 Å². The van der Waals surface area contributed by atoms with Gasteiger partial charge in [0.1, 0.15) is 35.5 Å². The van der Waals surface area contributed by atoms with E-state index in [1.807, 2.05) is 6.07 Å². The van der Waals surface area contributed by atoms with Gasteiger partial charge in [0.15, 0.2) is 0 Å². The van der Waals surface area contributed by atoms with E-state index in [1.165, 1.54) is 0 Å². The maximum absolute atomic E-state index is 12.4. The Bertz CT molecular complexity index is 949. The molecular weight excluding hydrogens is 320 g/mol. The molecule has 0 unspecified atom stereocenters. The molecule has 1 aliphatic rings. The molecule has 0 fully saturated rings. The number of hydrogen-bond donors (Lipinski definition) is 1. The maximum Gasteiger partial charge on any atom is 0.343 e. The van der Waals surface area contributed by atoms with Gasteiger partial charge in [0.2, 0.25) is 5.88 Å². The average molecular weight is 336 g/mol. The lowest BCUT2D eigenvalue weighted by molar-refractivity contribution is 0.362. The molecule has 0 spiro atoms. The van der Waals surface area contributed by atoms with Crippen LogP contribution in [0.4, 0.5) is 0 Å². The lowest BCUT2D eigenvalue weighted by Crippen LogP contribution is -2.26. The number of nitrogens with two attached hydrogens (primary N) is 1. The predicted molar refractivity (Wildman–Crippen MR) is 91.1 cm³/mol. The SMILES string of the molecule is C=CCOc1ccc([C@@H]2C(C#N)=C(N)Oc3cc(C)oc(=O)c32)cc1. The van der Waals surface area contributed by atoms with Crippen LogP contribution in [0.5, 0.6) is 11.5 Å². The average Bonchev–Trinajstić information content (AvgIpc) is 2.59. The normalized spacial score (nSPS) is 15.8. The highest BCUT2D eigenvalue weighted by atomic mass is 16.5. The van der Waals surface area contributed by atoms with Gasteiger partial charge in [-0.05, 0) is 24.6 Å². The van der Waals surface area contributed by atoms with Gasteiger partial charge >= 0.3 is 5.63 Å².